The molecule has 0 N–H and O–H groups in total. The van der Waals surface area contributed by atoms with Crippen molar-refractivity contribution in [2.75, 3.05) is 31.1 Å². The van der Waals surface area contributed by atoms with Crippen LogP contribution in [0, 0.1) is 19.8 Å². The molecule has 0 saturated carbocycles. The Labute approximate surface area is 183 Å². The summed E-state index contributed by atoms with van der Waals surface area (Å²) in [6, 6.07) is 10.2. The minimum Gasteiger partial charge on any atom is -0.352 e. The number of carbonyl (C=O) groups excluding carboxylic acids is 1. The van der Waals surface area contributed by atoms with Crippen LogP contribution < -0.4 is 4.90 Å². The number of likely N-dealkylation sites (tertiary alicyclic amines) is 1. The fraction of sp³-hybridized carbons (Fsp3) is 0.500. The number of piperidine rings is 2. The molecule has 2 aliphatic heterocycles. The maximum atomic E-state index is 13.1. The lowest BCUT2D eigenvalue weighted by Crippen LogP contribution is -2.46. The summed E-state index contributed by atoms with van der Waals surface area (Å²) in [6.07, 6.45) is 5.43. The number of para-hydroxylation sites is 1. The average molecular weight is 419 g/mol. The predicted molar refractivity (Wildman–Crippen MR) is 122 cm³/mol. The van der Waals surface area contributed by atoms with Crippen LogP contribution in [0.4, 0.5) is 5.82 Å². The van der Waals surface area contributed by atoms with E-state index in [0.717, 1.165) is 79.1 Å². The zero-order chi connectivity index (χ0) is 21.4. The summed E-state index contributed by atoms with van der Waals surface area (Å²) in [5.41, 5.74) is 3.85. The fourth-order valence-electron chi connectivity index (χ4n) is 5.09. The van der Waals surface area contributed by atoms with Crippen LogP contribution >= 0.6 is 0 Å². The van der Waals surface area contributed by atoms with E-state index in [1.54, 1.807) is 0 Å². The van der Waals surface area contributed by atoms with Gasteiger partial charge in [-0.25, -0.2) is 4.68 Å². The molecule has 2 aromatic heterocycles. The molecule has 0 unspecified atom stereocenters. The number of aryl methyl sites for hydroxylation is 2. The van der Waals surface area contributed by atoms with Crippen molar-refractivity contribution in [1.29, 1.82) is 0 Å². The van der Waals surface area contributed by atoms with Gasteiger partial charge in [0.25, 0.3) is 0 Å². The predicted octanol–water partition coefficient (Wildman–Crippen LogP) is 3.66. The van der Waals surface area contributed by atoms with E-state index in [9.17, 15) is 4.79 Å². The van der Waals surface area contributed by atoms with E-state index in [1.165, 1.54) is 6.42 Å². The number of amides is 1. The van der Waals surface area contributed by atoms with E-state index in [-0.39, 0.29) is 5.92 Å². The number of anilines is 1. The van der Waals surface area contributed by atoms with Crippen LogP contribution in [0.25, 0.3) is 16.6 Å². The number of rotatable bonds is 3. The number of benzene rings is 1. The second-order valence-corrected chi connectivity index (χ2v) is 8.84. The first-order chi connectivity index (χ1) is 15.1. The topological polar surface area (TPSA) is 67.2 Å². The summed E-state index contributed by atoms with van der Waals surface area (Å²) in [6.45, 7) is 7.46. The van der Waals surface area contributed by atoms with Crippen LogP contribution in [-0.4, -0.2) is 57.0 Å². The first kappa shape index (κ1) is 20.0. The Morgan fingerprint density at radius 2 is 1.74 bits per heavy atom. The third-order valence-corrected chi connectivity index (χ3v) is 6.72. The van der Waals surface area contributed by atoms with Gasteiger partial charge in [0.15, 0.2) is 5.82 Å². The Kier molecular flexibility index (Phi) is 5.34. The van der Waals surface area contributed by atoms with Crippen LogP contribution in [0.15, 0.2) is 30.3 Å². The molecule has 5 rings (SSSR count). The molecular formula is C24H30N6O. The molecule has 3 aromatic rings. The maximum absolute atomic E-state index is 13.1. The van der Waals surface area contributed by atoms with Crippen molar-refractivity contribution < 1.29 is 4.79 Å². The molecule has 31 heavy (non-hydrogen) atoms. The summed E-state index contributed by atoms with van der Waals surface area (Å²) in [5, 5.41) is 15.0. The molecule has 0 radical (unpaired) electrons. The zero-order valence-electron chi connectivity index (χ0n) is 18.4. The Morgan fingerprint density at radius 3 is 2.52 bits per heavy atom. The minimum atomic E-state index is 0.0299. The number of carbonyl (C=O) groups is 1. The molecule has 4 heterocycles. The lowest BCUT2D eigenvalue weighted by molar-refractivity contribution is -0.136. The zero-order valence-corrected chi connectivity index (χ0v) is 18.4. The van der Waals surface area contributed by atoms with Gasteiger partial charge >= 0.3 is 0 Å². The van der Waals surface area contributed by atoms with Gasteiger partial charge in [0.1, 0.15) is 5.52 Å². The lowest BCUT2D eigenvalue weighted by Gasteiger charge is -2.36. The fourth-order valence-corrected chi connectivity index (χ4v) is 5.09. The molecule has 1 atom stereocenters. The quantitative estimate of drug-likeness (QED) is 0.649. The second kappa shape index (κ2) is 8.29. The monoisotopic (exact) mass is 418 g/mol. The van der Waals surface area contributed by atoms with Crippen molar-refractivity contribution in [2.24, 2.45) is 5.92 Å². The van der Waals surface area contributed by atoms with E-state index >= 15 is 0 Å². The highest BCUT2D eigenvalue weighted by Crippen LogP contribution is 2.32. The Hall–Kier alpha value is -2.96. The Bertz CT molecular complexity index is 1090. The number of hydrogen-bond acceptors (Lipinski definition) is 5. The smallest absolute Gasteiger partial charge is 0.227 e. The van der Waals surface area contributed by atoms with Crippen LogP contribution in [0.3, 0.4) is 0 Å². The molecule has 2 saturated heterocycles. The number of aromatic nitrogens is 4. The maximum Gasteiger partial charge on any atom is 0.227 e. The van der Waals surface area contributed by atoms with Crippen LogP contribution in [0.5, 0.6) is 0 Å². The molecular weight excluding hydrogens is 388 g/mol. The number of fused-ring (bicyclic) bond motifs is 1. The van der Waals surface area contributed by atoms with Gasteiger partial charge in [-0.1, -0.05) is 18.2 Å². The van der Waals surface area contributed by atoms with Crippen LogP contribution in [0.1, 0.15) is 43.5 Å². The minimum absolute atomic E-state index is 0.0299. The van der Waals surface area contributed by atoms with E-state index < -0.39 is 0 Å². The van der Waals surface area contributed by atoms with Gasteiger partial charge in [-0.05, 0) is 58.1 Å². The van der Waals surface area contributed by atoms with Crippen molar-refractivity contribution in [1.82, 2.24) is 24.9 Å². The van der Waals surface area contributed by atoms with Crippen LogP contribution in [0.2, 0.25) is 0 Å². The summed E-state index contributed by atoms with van der Waals surface area (Å²) >= 11 is 0. The summed E-state index contributed by atoms with van der Waals surface area (Å²) < 4.78 is 1.98. The number of hydrogen-bond donors (Lipinski definition) is 0. The molecule has 0 aliphatic carbocycles. The van der Waals surface area contributed by atoms with Gasteiger partial charge in [0.05, 0.1) is 28.4 Å². The van der Waals surface area contributed by atoms with Gasteiger partial charge < -0.3 is 9.80 Å². The molecule has 1 aromatic carbocycles. The molecule has 7 heteroatoms. The van der Waals surface area contributed by atoms with Crippen molar-refractivity contribution in [3.63, 3.8) is 0 Å². The van der Waals surface area contributed by atoms with Gasteiger partial charge in [0, 0.05) is 26.2 Å². The van der Waals surface area contributed by atoms with E-state index in [2.05, 4.69) is 39.1 Å². The van der Waals surface area contributed by atoms with Gasteiger partial charge in [-0.2, -0.15) is 10.2 Å². The highest BCUT2D eigenvalue weighted by atomic mass is 16.2. The summed E-state index contributed by atoms with van der Waals surface area (Å²) in [7, 11) is 0. The molecule has 7 nitrogen and oxygen atoms in total. The summed E-state index contributed by atoms with van der Waals surface area (Å²) in [4.78, 5) is 17.4. The van der Waals surface area contributed by atoms with Gasteiger partial charge in [-0.3, -0.25) is 4.79 Å². The van der Waals surface area contributed by atoms with E-state index in [4.69, 9.17) is 5.10 Å². The Morgan fingerprint density at radius 1 is 0.968 bits per heavy atom. The summed E-state index contributed by atoms with van der Waals surface area (Å²) in [5.74, 6) is 1.14. The standard InChI is InChI=1S/C24H30N6O/c1-17-21-18(2)30(20-11-5-3-6-12-20)27-22(21)23(26-25-17)29-15-9-10-19(16-29)24(31)28-13-7-4-8-14-28/h3,5-6,11-12,19H,4,7-10,13-16H2,1-2H3/t19-/m1/s1. The highest BCUT2D eigenvalue weighted by Gasteiger charge is 2.32. The first-order valence-corrected chi connectivity index (χ1v) is 11.5. The second-order valence-electron chi connectivity index (χ2n) is 8.84. The molecule has 162 valence electrons. The highest BCUT2D eigenvalue weighted by molar-refractivity contribution is 5.92. The van der Waals surface area contributed by atoms with Crippen molar-refractivity contribution in [3.05, 3.63) is 41.7 Å². The molecule has 2 aliphatic rings. The normalized spacial score (nSPS) is 19.7. The average Bonchev–Trinajstić information content (AvgIpc) is 3.18. The van der Waals surface area contributed by atoms with Crippen molar-refractivity contribution in [2.45, 2.75) is 46.0 Å². The van der Waals surface area contributed by atoms with Crippen molar-refractivity contribution >= 4 is 22.6 Å². The van der Waals surface area contributed by atoms with Gasteiger partial charge in [0.2, 0.25) is 5.91 Å². The first-order valence-electron chi connectivity index (χ1n) is 11.5. The SMILES string of the molecule is Cc1nnc(N2CCC[C@@H](C(=O)N3CCCCC3)C2)c2nn(-c3ccccc3)c(C)c12. The van der Waals surface area contributed by atoms with E-state index in [1.807, 2.05) is 29.8 Å². The molecule has 2 fully saturated rings. The third-order valence-electron chi connectivity index (χ3n) is 6.72. The van der Waals surface area contributed by atoms with Gasteiger partial charge in [-0.15, -0.1) is 5.10 Å². The van der Waals surface area contributed by atoms with E-state index in [0.29, 0.717) is 12.5 Å². The molecule has 0 spiro atoms. The number of nitrogens with zero attached hydrogens (tertiary/aromatic N) is 6. The molecule has 1 amide bonds. The lowest BCUT2D eigenvalue weighted by atomic mass is 9.95. The largest absolute Gasteiger partial charge is 0.352 e. The molecule has 0 bridgehead atoms. The van der Waals surface area contributed by atoms with Crippen LogP contribution in [-0.2, 0) is 4.79 Å². The van der Waals surface area contributed by atoms with Crippen molar-refractivity contribution in [3.8, 4) is 5.69 Å². The third kappa shape index (κ3) is 3.66. The Balaban J connectivity index is 1.48.